The fourth-order valence-electron chi connectivity index (χ4n) is 3.48. The van der Waals surface area contributed by atoms with Crippen molar-refractivity contribution < 1.29 is 22.4 Å². The van der Waals surface area contributed by atoms with E-state index in [4.69, 9.17) is 9.15 Å². The Bertz CT molecular complexity index is 945. The van der Waals surface area contributed by atoms with Crippen molar-refractivity contribution in [3.05, 3.63) is 65.6 Å². The molecule has 0 aliphatic carbocycles. The van der Waals surface area contributed by atoms with Crippen molar-refractivity contribution in [3.8, 4) is 0 Å². The molecule has 2 heterocycles. The molecule has 1 aromatic heterocycles. The summed E-state index contributed by atoms with van der Waals surface area (Å²) in [5, 5.41) is 0. The third-order valence-electron chi connectivity index (χ3n) is 4.75. The molecular weight excluding hydrogens is 378 g/mol. The predicted molar refractivity (Wildman–Crippen MR) is 105 cm³/mol. The molecule has 150 valence electrons. The van der Waals surface area contributed by atoms with Gasteiger partial charge in [0, 0.05) is 6.04 Å². The Labute approximate surface area is 165 Å². The number of aryl methyl sites for hydroxylation is 1. The van der Waals surface area contributed by atoms with Crippen molar-refractivity contribution in [2.24, 2.45) is 0 Å². The van der Waals surface area contributed by atoms with Crippen LogP contribution in [-0.4, -0.2) is 31.3 Å². The molecule has 0 saturated heterocycles. The van der Waals surface area contributed by atoms with Crippen LogP contribution >= 0.6 is 0 Å². The Morgan fingerprint density at radius 1 is 1.18 bits per heavy atom. The average Bonchev–Trinajstić information content (AvgIpc) is 3.30. The molecule has 1 aromatic carbocycles. The van der Waals surface area contributed by atoms with E-state index in [9.17, 15) is 13.2 Å². The van der Waals surface area contributed by atoms with Gasteiger partial charge >= 0.3 is 5.97 Å². The zero-order valence-corrected chi connectivity index (χ0v) is 17.1. The minimum Gasteiger partial charge on any atom is -0.467 e. The molecule has 6 nitrogen and oxygen atoms in total. The third-order valence-corrected chi connectivity index (χ3v) is 6.66. The quantitative estimate of drug-likeness (QED) is 0.653. The summed E-state index contributed by atoms with van der Waals surface area (Å²) in [5.41, 5.74) is 1.27. The van der Waals surface area contributed by atoms with Crippen LogP contribution in [0.5, 0.6) is 0 Å². The Morgan fingerprint density at radius 2 is 1.89 bits per heavy atom. The van der Waals surface area contributed by atoms with Crippen LogP contribution < -0.4 is 0 Å². The highest BCUT2D eigenvalue weighted by Crippen LogP contribution is 2.42. The minimum absolute atomic E-state index is 0.189. The molecule has 0 N–H and O–H groups in total. The largest absolute Gasteiger partial charge is 0.467 e. The number of benzene rings is 1. The number of esters is 1. The number of carbonyl (C=O) groups excluding carboxylic acids is 1. The highest BCUT2D eigenvalue weighted by molar-refractivity contribution is 7.89. The van der Waals surface area contributed by atoms with E-state index >= 15 is 0 Å². The normalized spacial score (nSPS) is 20.2. The second kappa shape index (κ2) is 8.32. The SMILES string of the molecule is CCC[C@H]1C=C(C(=O)OCC)[C@@H](c2ccco2)N1S(=O)(=O)c1ccc(C)cc1. The first-order valence-electron chi connectivity index (χ1n) is 9.42. The zero-order valence-electron chi connectivity index (χ0n) is 16.3. The van der Waals surface area contributed by atoms with Crippen LogP contribution in [-0.2, 0) is 19.6 Å². The lowest BCUT2D eigenvalue weighted by molar-refractivity contribution is -0.139. The van der Waals surface area contributed by atoms with Crippen LogP contribution in [0.2, 0.25) is 0 Å². The van der Waals surface area contributed by atoms with Crippen molar-refractivity contribution in [3.63, 3.8) is 0 Å². The van der Waals surface area contributed by atoms with Crippen molar-refractivity contribution in [2.75, 3.05) is 6.61 Å². The van der Waals surface area contributed by atoms with E-state index in [1.807, 2.05) is 13.8 Å². The van der Waals surface area contributed by atoms with Gasteiger partial charge in [-0.15, -0.1) is 0 Å². The summed E-state index contributed by atoms with van der Waals surface area (Å²) < 4.78 is 39.2. The molecule has 0 spiro atoms. The number of nitrogens with zero attached hydrogens (tertiary/aromatic N) is 1. The molecule has 2 atom stereocenters. The predicted octanol–water partition coefficient (Wildman–Crippen LogP) is 3.99. The van der Waals surface area contributed by atoms with Gasteiger partial charge in [-0.1, -0.05) is 37.1 Å². The maximum absolute atomic E-state index is 13.6. The lowest BCUT2D eigenvalue weighted by atomic mass is 10.1. The first-order chi connectivity index (χ1) is 13.4. The van der Waals surface area contributed by atoms with Crippen LogP contribution in [0, 0.1) is 6.92 Å². The molecule has 0 radical (unpaired) electrons. The molecule has 0 bridgehead atoms. The van der Waals surface area contributed by atoms with Crippen LogP contribution in [0.15, 0.2) is 63.6 Å². The van der Waals surface area contributed by atoms with Gasteiger partial charge in [-0.2, -0.15) is 4.31 Å². The third kappa shape index (κ3) is 3.77. The average molecular weight is 404 g/mol. The highest BCUT2D eigenvalue weighted by Gasteiger charge is 2.47. The number of ether oxygens (including phenoxy) is 1. The summed E-state index contributed by atoms with van der Waals surface area (Å²) in [6, 6.07) is 8.78. The molecular formula is C21H25NO5S. The molecule has 0 amide bonds. The van der Waals surface area contributed by atoms with Gasteiger partial charge in [-0.3, -0.25) is 0 Å². The second-order valence-electron chi connectivity index (χ2n) is 6.76. The maximum atomic E-state index is 13.6. The van der Waals surface area contributed by atoms with E-state index in [0.717, 1.165) is 12.0 Å². The zero-order chi connectivity index (χ0) is 20.3. The van der Waals surface area contributed by atoms with Gasteiger partial charge in [0.25, 0.3) is 0 Å². The van der Waals surface area contributed by atoms with E-state index in [1.165, 1.54) is 10.6 Å². The molecule has 3 rings (SSSR count). The van der Waals surface area contributed by atoms with E-state index in [2.05, 4.69) is 0 Å². The maximum Gasteiger partial charge on any atom is 0.335 e. The van der Waals surface area contributed by atoms with Crippen LogP contribution in [0.1, 0.15) is 44.1 Å². The number of furan rings is 1. The minimum atomic E-state index is -3.87. The molecule has 1 aliphatic rings. The molecule has 28 heavy (non-hydrogen) atoms. The molecule has 0 saturated carbocycles. The van der Waals surface area contributed by atoms with E-state index in [1.54, 1.807) is 49.4 Å². The molecule has 1 aliphatic heterocycles. The Morgan fingerprint density at radius 3 is 2.46 bits per heavy atom. The first-order valence-corrected chi connectivity index (χ1v) is 10.9. The van der Waals surface area contributed by atoms with Gasteiger partial charge in [0.1, 0.15) is 11.8 Å². The number of hydrogen-bond acceptors (Lipinski definition) is 5. The first kappa shape index (κ1) is 20.4. The number of rotatable bonds is 7. The lowest BCUT2D eigenvalue weighted by Gasteiger charge is -2.29. The lowest BCUT2D eigenvalue weighted by Crippen LogP contribution is -2.39. The van der Waals surface area contributed by atoms with Gasteiger partial charge in [-0.05, 0) is 44.5 Å². The summed E-state index contributed by atoms with van der Waals surface area (Å²) >= 11 is 0. The summed E-state index contributed by atoms with van der Waals surface area (Å²) in [7, 11) is -3.87. The van der Waals surface area contributed by atoms with Gasteiger partial charge in [0.05, 0.1) is 23.3 Å². The van der Waals surface area contributed by atoms with E-state index in [0.29, 0.717) is 17.8 Å². The Kier molecular flexibility index (Phi) is 6.05. The monoisotopic (exact) mass is 403 g/mol. The standard InChI is InChI=1S/C21H25NO5S/c1-4-7-16-14-18(21(23)26-5-2)20(19-8-6-13-27-19)22(16)28(24,25)17-11-9-15(3)10-12-17/h6,8-14,16,20H,4-5,7H2,1-3H3/t16-,20-/m0/s1. The van der Waals surface area contributed by atoms with Crippen LogP contribution in [0.4, 0.5) is 0 Å². The highest BCUT2D eigenvalue weighted by atomic mass is 32.2. The van der Waals surface area contributed by atoms with Crippen molar-refractivity contribution in [2.45, 2.75) is 50.6 Å². The van der Waals surface area contributed by atoms with E-state index < -0.39 is 28.1 Å². The Balaban J connectivity index is 2.12. The summed E-state index contributed by atoms with van der Waals surface area (Å²) in [5.74, 6) is -0.125. The smallest absolute Gasteiger partial charge is 0.335 e. The summed E-state index contributed by atoms with van der Waals surface area (Å²) in [6.07, 6.45) is 4.54. The fraction of sp³-hybridized carbons (Fsp3) is 0.381. The van der Waals surface area contributed by atoms with Gasteiger partial charge in [0.15, 0.2) is 0 Å². The Hall–Kier alpha value is -2.38. The van der Waals surface area contributed by atoms with Crippen molar-refractivity contribution in [1.29, 1.82) is 0 Å². The fourth-order valence-corrected chi connectivity index (χ4v) is 5.22. The number of hydrogen-bond donors (Lipinski definition) is 0. The van der Waals surface area contributed by atoms with Gasteiger partial charge < -0.3 is 9.15 Å². The van der Waals surface area contributed by atoms with Gasteiger partial charge in [-0.25, -0.2) is 13.2 Å². The molecule has 2 aromatic rings. The number of carbonyl (C=O) groups is 1. The van der Waals surface area contributed by atoms with E-state index in [-0.39, 0.29) is 11.5 Å². The molecule has 7 heteroatoms. The van der Waals surface area contributed by atoms with Crippen molar-refractivity contribution in [1.82, 2.24) is 4.31 Å². The second-order valence-corrected chi connectivity index (χ2v) is 8.61. The van der Waals surface area contributed by atoms with Crippen molar-refractivity contribution >= 4 is 16.0 Å². The number of sulfonamides is 1. The summed E-state index contributed by atoms with van der Waals surface area (Å²) in [6.45, 7) is 5.82. The topological polar surface area (TPSA) is 76.8 Å². The molecule has 0 fully saturated rings. The van der Waals surface area contributed by atoms with Crippen LogP contribution in [0.3, 0.4) is 0 Å². The summed E-state index contributed by atoms with van der Waals surface area (Å²) in [4.78, 5) is 12.8. The van der Waals surface area contributed by atoms with Crippen LogP contribution in [0.25, 0.3) is 0 Å². The molecule has 0 unspecified atom stereocenters. The van der Waals surface area contributed by atoms with Gasteiger partial charge in [0.2, 0.25) is 10.0 Å².